The maximum Gasteiger partial charge on any atom is 0.305 e. The molecule has 2 N–H and O–H groups in total. The Morgan fingerprint density at radius 3 is 1.95 bits per heavy atom. The number of carbonyl (C=O) groups is 4. The zero-order valence-electron chi connectivity index (χ0n) is 13.7. The van der Waals surface area contributed by atoms with Crippen LogP contribution >= 0.6 is 11.8 Å². The summed E-state index contributed by atoms with van der Waals surface area (Å²) >= 11 is 1.10. The predicted molar refractivity (Wildman–Crippen MR) is 86.1 cm³/mol. The van der Waals surface area contributed by atoms with Crippen LogP contribution in [0.3, 0.4) is 0 Å². The molecule has 0 spiro atoms. The van der Waals surface area contributed by atoms with E-state index in [0.717, 1.165) is 11.8 Å². The average molecular weight is 334 g/mol. The Balaban J connectivity index is 0. The third kappa shape index (κ3) is 14.8. The van der Waals surface area contributed by atoms with Crippen molar-refractivity contribution in [3.8, 4) is 0 Å². The van der Waals surface area contributed by atoms with E-state index in [1.807, 2.05) is 13.8 Å². The number of carbonyl (C=O) groups excluding carboxylic acids is 4. The fourth-order valence-electron chi connectivity index (χ4n) is 1.36. The molecule has 0 aliphatic carbocycles. The first-order chi connectivity index (χ1) is 10.3. The fourth-order valence-corrected chi connectivity index (χ4v) is 2.12. The molecule has 0 unspecified atom stereocenters. The lowest BCUT2D eigenvalue weighted by Crippen LogP contribution is -2.30. The van der Waals surface area contributed by atoms with Crippen LogP contribution in [0.5, 0.6) is 0 Å². The quantitative estimate of drug-likeness (QED) is 0.662. The van der Waals surface area contributed by atoms with Crippen molar-refractivity contribution >= 4 is 34.7 Å². The first kappa shape index (κ1) is 22.7. The van der Waals surface area contributed by atoms with E-state index in [0.29, 0.717) is 25.3 Å². The minimum Gasteiger partial charge on any atom is -0.469 e. The maximum atomic E-state index is 11.6. The van der Waals surface area contributed by atoms with E-state index < -0.39 is 0 Å². The van der Waals surface area contributed by atoms with Crippen LogP contribution in [0.4, 0.5) is 0 Å². The smallest absolute Gasteiger partial charge is 0.305 e. The van der Waals surface area contributed by atoms with Crippen molar-refractivity contribution in [1.82, 2.24) is 4.90 Å². The van der Waals surface area contributed by atoms with Crippen molar-refractivity contribution < 1.29 is 23.9 Å². The van der Waals surface area contributed by atoms with Gasteiger partial charge in [-0.3, -0.25) is 19.2 Å². The lowest BCUT2D eigenvalue weighted by Gasteiger charge is -2.18. The van der Waals surface area contributed by atoms with Crippen molar-refractivity contribution in [2.75, 3.05) is 26.0 Å². The van der Waals surface area contributed by atoms with Gasteiger partial charge in [0.05, 0.1) is 13.5 Å². The molecule has 8 heteroatoms. The summed E-state index contributed by atoms with van der Waals surface area (Å²) in [5.41, 5.74) is 4.47. The van der Waals surface area contributed by atoms with E-state index in [-0.39, 0.29) is 35.7 Å². The lowest BCUT2D eigenvalue weighted by molar-refractivity contribution is -0.141. The number of primary amides is 1. The zero-order chi connectivity index (χ0) is 17.5. The van der Waals surface area contributed by atoms with Gasteiger partial charge >= 0.3 is 5.97 Å². The number of methoxy groups -OCH3 is 1. The van der Waals surface area contributed by atoms with E-state index in [2.05, 4.69) is 10.5 Å². The molecule has 22 heavy (non-hydrogen) atoms. The highest BCUT2D eigenvalue weighted by Crippen LogP contribution is 2.10. The number of thioether (sulfide) groups is 1. The number of ether oxygens (including phenoxy) is 1. The molecule has 0 aliphatic rings. The van der Waals surface area contributed by atoms with Crippen LogP contribution in [0.25, 0.3) is 0 Å². The molecule has 0 heterocycles. The molecule has 0 atom stereocenters. The van der Waals surface area contributed by atoms with Gasteiger partial charge in [0, 0.05) is 38.6 Å². The Kier molecular flexibility index (Phi) is 14.8. The molecule has 0 bridgehead atoms. The summed E-state index contributed by atoms with van der Waals surface area (Å²) in [6.07, 6.45) is 0.624. The summed E-state index contributed by atoms with van der Waals surface area (Å²) in [7, 11) is 1.29. The minimum atomic E-state index is -0.386. The van der Waals surface area contributed by atoms with Crippen molar-refractivity contribution in [2.45, 2.75) is 40.0 Å². The van der Waals surface area contributed by atoms with Crippen molar-refractivity contribution in [3.63, 3.8) is 0 Å². The standard InChI is InChI=1S/C12H21NO4S.C2H5NO/c1-4-13(5-2)10(14)8-9-18-12(16)7-6-11(15)17-3;1-2(3)4/h4-9H2,1-3H3;1H3,(H2,3,4). The van der Waals surface area contributed by atoms with Gasteiger partial charge < -0.3 is 15.4 Å². The molecule has 2 amide bonds. The summed E-state index contributed by atoms with van der Waals surface area (Å²) in [6, 6.07) is 0. The van der Waals surface area contributed by atoms with Gasteiger partial charge in [-0.1, -0.05) is 11.8 Å². The number of esters is 1. The number of nitrogens with zero attached hydrogens (tertiary/aromatic N) is 1. The average Bonchev–Trinajstić information content (AvgIpc) is 2.45. The first-order valence-corrected chi connectivity index (χ1v) is 8.03. The molecule has 0 fully saturated rings. The Morgan fingerprint density at radius 1 is 1.05 bits per heavy atom. The fraction of sp³-hybridized carbons (Fsp3) is 0.714. The van der Waals surface area contributed by atoms with Gasteiger partial charge in [0.25, 0.3) is 0 Å². The van der Waals surface area contributed by atoms with Crippen LogP contribution in [0.15, 0.2) is 0 Å². The van der Waals surface area contributed by atoms with Crippen molar-refractivity contribution in [2.24, 2.45) is 5.73 Å². The van der Waals surface area contributed by atoms with Gasteiger partial charge in [0.15, 0.2) is 5.12 Å². The molecule has 0 saturated carbocycles. The second-order valence-corrected chi connectivity index (χ2v) is 5.38. The summed E-state index contributed by atoms with van der Waals surface area (Å²) in [4.78, 5) is 44.8. The second kappa shape index (κ2) is 14.4. The molecule has 0 aromatic rings. The Hall–Kier alpha value is -1.57. The minimum absolute atomic E-state index is 0.0632. The molecule has 0 aromatic heterocycles. The van der Waals surface area contributed by atoms with Crippen LogP contribution in [0.2, 0.25) is 0 Å². The molecule has 0 aromatic carbocycles. The molecule has 7 nitrogen and oxygen atoms in total. The highest BCUT2D eigenvalue weighted by atomic mass is 32.2. The maximum absolute atomic E-state index is 11.6. The normalized spacial score (nSPS) is 9.27. The highest BCUT2D eigenvalue weighted by Gasteiger charge is 2.11. The molecule has 0 aliphatic heterocycles. The van der Waals surface area contributed by atoms with Crippen LogP contribution < -0.4 is 5.73 Å². The highest BCUT2D eigenvalue weighted by molar-refractivity contribution is 8.13. The van der Waals surface area contributed by atoms with Gasteiger partial charge in [0.1, 0.15) is 0 Å². The molecular formula is C14H26N2O5S. The van der Waals surface area contributed by atoms with Crippen molar-refractivity contribution in [1.29, 1.82) is 0 Å². The summed E-state index contributed by atoms with van der Waals surface area (Å²) < 4.78 is 4.44. The van der Waals surface area contributed by atoms with Gasteiger partial charge in [-0.25, -0.2) is 0 Å². The molecule has 128 valence electrons. The predicted octanol–water partition coefficient (Wildman–Crippen LogP) is 0.950. The third-order valence-electron chi connectivity index (χ3n) is 2.46. The van der Waals surface area contributed by atoms with Gasteiger partial charge in [0.2, 0.25) is 11.8 Å². The molecule has 0 saturated heterocycles. The molecule has 0 rings (SSSR count). The number of hydrogen-bond donors (Lipinski definition) is 1. The Morgan fingerprint density at radius 2 is 1.55 bits per heavy atom. The number of amides is 2. The number of nitrogens with two attached hydrogens (primary N) is 1. The number of rotatable bonds is 8. The monoisotopic (exact) mass is 334 g/mol. The first-order valence-electron chi connectivity index (χ1n) is 7.04. The van der Waals surface area contributed by atoms with Gasteiger partial charge in [-0.15, -0.1) is 0 Å². The largest absolute Gasteiger partial charge is 0.469 e. The Labute approximate surface area is 135 Å². The van der Waals surface area contributed by atoms with E-state index in [9.17, 15) is 19.2 Å². The van der Waals surface area contributed by atoms with E-state index in [1.165, 1.54) is 14.0 Å². The van der Waals surface area contributed by atoms with Crippen LogP contribution in [0, 0.1) is 0 Å². The van der Waals surface area contributed by atoms with E-state index >= 15 is 0 Å². The van der Waals surface area contributed by atoms with Crippen molar-refractivity contribution in [3.05, 3.63) is 0 Å². The molecular weight excluding hydrogens is 308 g/mol. The van der Waals surface area contributed by atoms with Crippen LogP contribution in [0.1, 0.15) is 40.0 Å². The van der Waals surface area contributed by atoms with E-state index in [1.54, 1.807) is 4.90 Å². The Bertz CT molecular complexity index is 366. The molecule has 0 radical (unpaired) electrons. The zero-order valence-corrected chi connectivity index (χ0v) is 14.5. The topological polar surface area (TPSA) is 107 Å². The van der Waals surface area contributed by atoms with Crippen LogP contribution in [-0.4, -0.2) is 53.8 Å². The summed E-state index contributed by atoms with van der Waals surface area (Å²) in [5.74, 6) is -0.188. The van der Waals surface area contributed by atoms with Crippen LogP contribution in [-0.2, 0) is 23.9 Å². The van der Waals surface area contributed by atoms with E-state index in [4.69, 9.17) is 0 Å². The SMILES string of the molecule is CC(N)=O.CCN(CC)C(=O)CCSC(=O)CCC(=O)OC. The number of hydrogen-bond acceptors (Lipinski definition) is 6. The second-order valence-electron chi connectivity index (χ2n) is 4.22. The summed E-state index contributed by atoms with van der Waals surface area (Å²) in [5, 5.41) is -0.0762. The lowest BCUT2D eigenvalue weighted by atomic mass is 10.3. The van der Waals surface area contributed by atoms with Gasteiger partial charge in [-0.2, -0.15) is 0 Å². The van der Waals surface area contributed by atoms with Gasteiger partial charge in [-0.05, 0) is 13.8 Å². The third-order valence-corrected chi connectivity index (χ3v) is 3.39. The summed E-state index contributed by atoms with van der Waals surface area (Å²) in [6.45, 7) is 6.54.